The predicted molar refractivity (Wildman–Crippen MR) is 144 cm³/mol. The van der Waals surface area contributed by atoms with Crippen molar-refractivity contribution in [3.05, 3.63) is 132 Å². The van der Waals surface area contributed by atoms with Gasteiger partial charge in [-0.1, -0.05) is 66.7 Å². The molecular formula is C32H22O6. The van der Waals surface area contributed by atoms with Crippen molar-refractivity contribution in [1.82, 2.24) is 0 Å². The van der Waals surface area contributed by atoms with E-state index < -0.39 is 11.9 Å². The highest BCUT2D eigenvalue weighted by atomic mass is 16.5. The van der Waals surface area contributed by atoms with Crippen LogP contribution in [0.2, 0.25) is 0 Å². The van der Waals surface area contributed by atoms with Gasteiger partial charge >= 0.3 is 11.9 Å². The molecule has 5 rings (SSSR count). The Hall–Kier alpha value is -5.36. The maximum atomic E-state index is 11.5. The van der Waals surface area contributed by atoms with Gasteiger partial charge in [0.1, 0.15) is 23.0 Å². The summed E-state index contributed by atoms with van der Waals surface area (Å²) in [4.78, 5) is 22.7. The van der Waals surface area contributed by atoms with Gasteiger partial charge in [0.2, 0.25) is 0 Å². The minimum Gasteiger partial charge on any atom is -0.478 e. The summed E-state index contributed by atoms with van der Waals surface area (Å²) in [6.07, 6.45) is 0. The average molecular weight is 503 g/mol. The summed E-state index contributed by atoms with van der Waals surface area (Å²) in [7, 11) is 0. The van der Waals surface area contributed by atoms with Crippen LogP contribution in [0.5, 0.6) is 23.0 Å². The Morgan fingerprint density at radius 3 is 1.63 bits per heavy atom. The molecule has 5 aromatic rings. The van der Waals surface area contributed by atoms with Gasteiger partial charge in [0.05, 0.1) is 11.1 Å². The van der Waals surface area contributed by atoms with Crippen molar-refractivity contribution in [1.29, 1.82) is 0 Å². The molecule has 0 heterocycles. The third-order valence-corrected chi connectivity index (χ3v) is 5.86. The highest BCUT2D eigenvalue weighted by Gasteiger charge is 2.13. The Morgan fingerprint density at radius 2 is 1.00 bits per heavy atom. The smallest absolute Gasteiger partial charge is 0.335 e. The van der Waals surface area contributed by atoms with Crippen LogP contribution in [0.1, 0.15) is 20.7 Å². The molecule has 2 N–H and O–H groups in total. The van der Waals surface area contributed by atoms with Crippen LogP contribution in [0.25, 0.3) is 22.3 Å². The zero-order valence-electron chi connectivity index (χ0n) is 20.1. The van der Waals surface area contributed by atoms with Crippen LogP contribution in [0.15, 0.2) is 121 Å². The monoisotopic (exact) mass is 502 g/mol. The molecule has 38 heavy (non-hydrogen) atoms. The molecule has 0 saturated carbocycles. The molecule has 186 valence electrons. The fraction of sp³-hybridized carbons (Fsp3) is 0. The third-order valence-electron chi connectivity index (χ3n) is 5.86. The second-order valence-corrected chi connectivity index (χ2v) is 8.47. The zero-order valence-corrected chi connectivity index (χ0v) is 20.1. The molecule has 0 radical (unpaired) electrons. The molecule has 0 atom stereocenters. The largest absolute Gasteiger partial charge is 0.478 e. The zero-order chi connectivity index (χ0) is 26.5. The summed E-state index contributed by atoms with van der Waals surface area (Å²) in [5.41, 5.74) is 3.81. The first-order valence-electron chi connectivity index (χ1n) is 11.8. The Balaban J connectivity index is 1.51. The van der Waals surface area contributed by atoms with Gasteiger partial charge in [-0.3, -0.25) is 0 Å². The van der Waals surface area contributed by atoms with Crippen LogP contribution in [0.3, 0.4) is 0 Å². The van der Waals surface area contributed by atoms with E-state index >= 15 is 0 Å². The molecule has 0 bridgehead atoms. The maximum Gasteiger partial charge on any atom is 0.335 e. The summed E-state index contributed by atoms with van der Waals surface area (Å²) in [6, 6.07) is 35.8. The van der Waals surface area contributed by atoms with Crippen LogP contribution in [-0.2, 0) is 0 Å². The molecule has 0 spiro atoms. The lowest BCUT2D eigenvalue weighted by Crippen LogP contribution is -1.97. The van der Waals surface area contributed by atoms with Gasteiger partial charge in [0, 0.05) is 5.56 Å². The van der Waals surface area contributed by atoms with Crippen molar-refractivity contribution in [2.24, 2.45) is 0 Å². The Morgan fingerprint density at radius 1 is 0.474 bits per heavy atom. The fourth-order valence-electron chi connectivity index (χ4n) is 4.03. The van der Waals surface area contributed by atoms with E-state index in [0.29, 0.717) is 23.0 Å². The molecule has 0 aliphatic rings. The van der Waals surface area contributed by atoms with E-state index in [1.165, 1.54) is 24.3 Å². The number of hydrogen-bond acceptors (Lipinski definition) is 4. The Kier molecular flexibility index (Phi) is 6.87. The summed E-state index contributed by atoms with van der Waals surface area (Å²) in [6.45, 7) is 0. The normalized spacial score (nSPS) is 10.5. The van der Waals surface area contributed by atoms with Gasteiger partial charge in [0.15, 0.2) is 0 Å². The topological polar surface area (TPSA) is 93.1 Å². The van der Waals surface area contributed by atoms with Gasteiger partial charge in [-0.05, 0) is 71.3 Å². The van der Waals surface area contributed by atoms with E-state index in [9.17, 15) is 19.8 Å². The predicted octanol–water partition coefficient (Wildman–Crippen LogP) is 8.00. The van der Waals surface area contributed by atoms with E-state index in [1.807, 2.05) is 66.7 Å². The molecule has 6 heteroatoms. The number of hydrogen-bond donors (Lipinski definition) is 2. The van der Waals surface area contributed by atoms with Gasteiger partial charge in [-0.25, -0.2) is 9.59 Å². The minimum absolute atomic E-state index is 0.136. The van der Waals surface area contributed by atoms with Gasteiger partial charge < -0.3 is 19.7 Å². The summed E-state index contributed by atoms with van der Waals surface area (Å²) < 4.78 is 12.2. The van der Waals surface area contributed by atoms with Gasteiger partial charge in [-0.2, -0.15) is 0 Å². The minimum atomic E-state index is -1.03. The van der Waals surface area contributed by atoms with Crippen LogP contribution in [0, 0.1) is 0 Å². The number of carboxylic acids is 2. The fourth-order valence-corrected chi connectivity index (χ4v) is 4.03. The molecule has 0 aromatic heterocycles. The van der Waals surface area contributed by atoms with Crippen molar-refractivity contribution in [2.75, 3.05) is 0 Å². The van der Waals surface area contributed by atoms with Crippen molar-refractivity contribution in [2.45, 2.75) is 0 Å². The number of ether oxygens (including phenoxy) is 2. The molecule has 0 saturated heterocycles. The number of aromatic carboxylic acids is 2. The van der Waals surface area contributed by atoms with Crippen molar-refractivity contribution in [3.63, 3.8) is 0 Å². The maximum absolute atomic E-state index is 11.5. The molecular weight excluding hydrogens is 480 g/mol. The van der Waals surface area contributed by atoms with Crippen molar-refractivity contribution >= 4 is 11.9 Å². The van der Waals surface area contributed by atoms with Gasteiger partial charge in [0.25, 0.3) is 0 Å². The van der Waals surface area contributed by atoms with E-state index in [2.05, 4.69) is 0 Å². The molecule has 6 nitrogen and oxygen atoms in total. The summed E-state index contributed by atoms with van der Waals surface area (Å²) in [5.74, 6) is -0.105. The van der Waals surface area contributed by atoms with Crippen LogP contribution in [-0.4, -0.2) is 22.2 Å². The van der Waals surface area contributed by atoms with Gasteiger partial charge in [-0.15, -0.1) is 0 Å². The average Bonchev–Trinajstić information content (AvgIpc) is 2.94. The second kappa shape index (κ2) is 10.7. The highest BCUT2D eigenvalue weighted by molar-refractivity contribution is 5.88. The number of rotatable bonds is 8. The lowest BCUT2D eigenvalue weighted by molar-refractivity contribution is 0.0686. The first-order chi connectivity index (χ1) is 18.5. The van der Waals surface area contributed by atoms with E-state index in [4.69, 9.17) is 9.47 Å². The van der Waals surface area contributed by atoms with E-state index in [0.717, 1.165) is 22.3 Å². The SMILES string of the molecule is O=C(O)c1cccc(Oc2cccc(-c3ccc(-c4ccccc4)c(Oc4cccc(C(=O)O)c4)c3)c2)c1. The molecule has 0 aliphatic heterocycles. The van der Waals surface area contributed by atoms with E-state index in [1.54, 1.807) is 30.3 Å². The molecule has 0 amide bonds. The first-order valence-corrected chi connectivity index (χ1v) is 11.8. The molecule has 5 aromatic carbocycles. The first kappa shape index (κ1) is 24.3. The van der Waals surface area contributed by atoms with Crippen LogP contribution >= 0.6 is 0 Å². The summed E-state index contributed by atoms with van der Waals surface area (Å²) in [5, 5.41) is 18.6. The second-order valence-electron chi connectivity index (χ2n) is 8.47. The van der Waals surface area contributed by atoms with Crippen molar-refractivity contribution in [3.8, 4) is 45.3 Å². The molecule has 0 aliphatic carbocycles. The quantitative estimate of drug-likeness (QED) is 0.223. The lowest BCUT2D eigenvalue weighted by Gasteiger charge is -2.15. The Bertz CT molecular complexity index is 1620. The third kappa shape index (κ3) is 5.55. The van der Waals surface area contributed by atoms with Crippen LogP contribution < -0.4 is 9.47 Å². The number of benzene rings is 5. The standard InChI is InChI=1S/C32H22O6/c33-31(34)24-10-5-13-27(18-24)37-26-12-4-9-22(17-26)23-15-16-29(21-7-2-1-3-8-21)30(20-23)38-28-14-6-11-25(19-28)32(35)36/h1-20H,(H,33,34)(H,35,36). The number of carbonyl (C=O) groups is 2. The highest BCUT2D eigenvalue weighted by Crippen LogP contribution is 2.38. The Labute approximate surface area is 219 Å². The molecule has 0 unspecified atom stereocenters. The van der Waals surface area contributed by atoms with E-state index in [-0.39, 0.29) is 11.1 Å². The van der Waals surface area contributed by atoms with Crippen LogP contribution in [0.4, 0.5) is 0 Å². The van der Waals surface area contributed by atoms with Crippen molar-refractivity contribution < 1.29 is 29.3 Å². The number of carboxylic acid groups (broad SMARTS) is 2. The summed E-state index contributed by atoms with van der Waals surface area (Å²) >= 11 is 0. The molecule has 0 fully saturated rings. The lowest BCUT2D eigenvalue weighted by atomic mass is 9.99.